The predicted octanol–water partition coefficient (Wildman–Crippen LogP) is 9.52. The number of nitrogens with one attached hydrogen (secondary N) is 1. The summed E-state index contributed by atoms with van der Waals surface area (Å²) >= 11 is 0. The van der Waals surface area contributed by atoms with Gasteiger partial charge >= 0.3 is 0 Å². The van der Waals surface area contributed by atoms with Crippen molar-refractivity contribution in [3.8, 4) is 11.5 Å². The third-order valence-corrected chi connectivity index (χ3v) is 21.3. The zero-order chi connectivity index (χ0) is 40.7. The van der Waals surface area contributed by atoms with E-state index in [0.717, 1.165) is 33.6 Å². The van der Waals surface area contributed by atoms with Gasteiger partial charge in [-0.05, 0) is 83.3 Å². The molecule has 0 unspecified atom stereocenters. The van der Waals surface area contributed by atoms with Gasteiger partial charge in [0.2, 0.25) is 0 Å². The zero-order valence-corrected chi connectivity index (χ0v) is 37.1. The number of nitrogens with zero attached hydrogens (tertiary/aromatic N) is 3. The van der Waals surface area contributed by atoms with Gasteiger partial charge in [-0.15, -0.1) is 0 Å². The van der Waals surface area contributed by atoms with Gasteiger partial charge in [0.15, 0.2) is 22.9 Å². The van der Waals surface area contributed by atoms with Crippen molar-refractivity contribution in [3.05, 3.63) is 114 Å². The number of benzene rings is 3. The van der Waals surface area contributed by atoms with E-state index in [1.54, 1.807) is 20.5 Å². The van der Waals surface area contributed by atoms with Crippen LogP contribution in [0, 0.1) is 0 Å². The van der Waals surface area contributed by atoms with Crippen LogP contribution in [0.2, 0.25) is 36.3 Å². The number of ether oxygens (including phenoxy) is 3. The fourth-order valence-electron chi connectivity index (χ4n) is 6.77. The molecule has 0 aliphatic carbocycles. The van der Waals surface area contributed by atoms with Gasteiger partial charge in [0.25, 0.3) is 0 Å². The second-order valence-corrected chi connectivity index (χ2v) is 27.4. The summed E-state index contributed by atoms with van der Waals surface area (Å²) in [6.07, 6.45) is 0.739. The molecule has 0 bridgehead atoms. The summed E-state index contributed by atoms with van der Waals surface area (Å²) in [6, 6.07) is 28.6. The van der Waals surface area contributed by atoms with Crippen molar-refractivity contribution in [3.63, 3.8) is 0 Å². The Bertz CT molecular complexity index is 2030. The van der Waals surface area contributed by atoms with Crippen LogP contribution in [0.15, 0.2) is 97.5 Å². The summed E-state index contributed by atoms with van der Waals surface area (Å²) < 4.78 is 33.6. The minimum atomic E-state index is -2.37. The molecule has 1 saturated heterocycles. The molecular formula is C44H60N4O6Si2. The van der Waals surface area contributed by atoms with E-state index in [0.29, 0.717) is 11.5 Å². The van der Waals surface area contributed by atoms with Crippen molar-refractivity contribution in [1.29, 1.82) is 0 Å². The molecule has 0 radical (unpaired) electrons. The highest BCUT2D eigenvalue weighted by Crippen LogP contribution is 2.45. The molecule has 5 aromatic rings. The second kappa shape index (κ2) is 15.7. The molecule has 56 heavy (non-hydrogen) atoms. The van der Waals surface area contributed by atoms with Crippen molar-refractivity contribution in [2.45, 2.75) is 108 Å². The van der Waals surface area contributed by atoms with E-state index in [9.17, 15) is 5.11 Å². The Balaban J connectivity index is 1.47. The monoisotopic (exact) mass is 796 g/mol. The highest BCUT2D eigenvalue weighted by Gasteiger charge is 2.51. The quantitative estimate of drug-likeness (QED) is 0.0890. The largest absolute Gasteiger partial charge is 0.497 e. The number of anilines is 1. The fourth-order valence-corrected chi connectivity index (χ4v) is 9.07. The maximum Gasteiger partial charge on any atom is 0.192 e. The smallest absolute Gasteiger partial charge is 0.192 e. The Morgan fingerprint density at radius 1 is 0.732 bits per heavy atom. The van der Waals surface area contributed by atoms with Crippen LogP contribution in [-0.4, -0.2) is 75.4 Å². The van der Waals surface area contributed by atoms with Crippen molar-refractivity contribution in [2.24, 2.45) is 0 Å². The minimum Gasteiger partial charge on any atom is -0.497 e. The second-order valence-electron chi connectivity index (χ2n) is 17.9. The van der Waals surface area contributed by atoms with Gasteiger partial charge in [0, 0.05) is 6.20 Å². The Kier molecular flexibility index (Phi) is 11.7. The van der Waals surface area contributed by atoms with Gasteiger partial charge in [-0.2, -0.15) is 0 Å². The third kappa shape index (κ3) is 7.92. The Hall–Kier alpha value is -4.05. The van der Waals surface area contributed by atoms with Gasteiger partial charge in [-0.1, -0.05) is 96.1 Å². The van der Waals surface area contributed by atoms with Crippen molar-refractivity contribution < 1.29 is 28.2 Å². The lowest BCUT2D eigenvalue weighted by Gasteiger charge is -2.40. The molecule has 6 rings (SSSR count). The first-order valence-corrected chi connectivity index (χ1v) is 25.2. The third-order valence-electron chi connectivity index (χ3n) is 12.3. The first-order chi connectivity index (χ1) is 26.3. The molecule has 12 heteroatoms. The molecule has 0 amide bonds. The number of hydrogen-bond acceptors (Lipinski definition) is 9. The van der Waals surface area contributed by atoms with E-state index in [-0.39, 0.29) is 16.7 Å². The first-order valence-electron chi connectivity index (χ1n) is 19.4. The molecule has 1 aliphatic rings. The molecule has 0 spiro atoms. The molecule has 2 N–H and O–H groups in total. The summed E-state index contributed by atoms with van der Waals surface area (Å²) in [6.45, 7) is 22.4. The standard InChI is InChI=1S/C44H60N4O6Si2/c1-42(2,3)55(9,10)52-28-36-37(49)38(54-56(11,12)43(4,5)6)41(53-36)48-27-26-35-39(45-29-46-40(35)48)47-44(30-16-14-13-15-17-30,31-18-22-33(50-7)23-19-31)32-20-24-34(51-8)25-21-32/h13-27,29,36-38,41,49H,28H2,1-12H3,(H,45,46,47)/t36-,37-,38-,41-/m1/s1. The van der Waals surface area contributed by atoms with Crippen LogP contribution in [0.5, 0.6) is 11.5 Å². The van der Waals surface area contributed by atoms with Gasteiger partial charge in [0.05, 0.1) is 26.2 Å². The van der Waals surface area contributed by atoms with E-state index in [2.05, 4.69) is 109 Å². The lowest BCUT2D eigenvalue weighted by molar-refractivity contribution is -0.0473. The molecule has 10 nitrogen and oxygen atoms in total. The van der Waals surface area contributed by atoms with Crippen LogP contribution < -0.4 is 14.8 Å². The molecule has 3 heterocycles. The first kappa shape index (κ1) is 41.6. The number of fused-ring (bicyclic) bond motifs is 1. The number of hydrogen-bond donors (Lipinski definition) is 2. The SMILES string of the molecule is COc1ccc(C(Nc2ncnc3c2ccn3[C@@H]2O[C@H](CO[Si](C)(C)C(C)(C)C)[C@@H](O)[C@H]2O[Si](C)(C)C(C)(C)C)(c2ccccc2)c2ccc(OC)cc2)cc1. The number of aliphatic hydroxyl groups excluding tert-OH is 1. The number of methoxy groups -OCH3 is 2. The maximum atomic E-state index is 12.0. The zero-order valence-electron chi connectivity index (χ0n) is 35.1. The molecule has 4 atom stereocenters. The Labute approximate surface area is 334 Å². The van der Waals surface area contributed by atoms with E-state index >= 15 is 0 Å². The molecule has 1 fully saturated rings. The number of aromatic nitrogens is 3. The lowest BCUT2D eigenvalue weighted by Crippen LogP contribution is -2.49. The Morgan fingerprint density at radius 2 is 1.27 bits per heavy atom. The van der Waals surface area contributed by atoms with E-state index in [4.69, 9.17) is 33.0 Å². The molecule has 2 aromatic heterocycles. The minimum absolute atomic E-state index is 0.0105. The van der Waals surface area contributed by atoms with Crippen LogP contribution in [-0.2, 0) is 19.1 Å². The van der Waals surface area contributed by atoms with Crippen LogP contribution >= 0.6 is 0 Å². The number of rotatable bonds is 13. The molecular weight excluding hydrogens is 737 g/mol. The van der Waals surface area contributed by atoms with Gasteiger partial charge in [-0.3, -0.25) is 0 Å². The van der Waals surface area contributed by atoms with E-state index in [1.165, 1.54) is 0 Å². The molecule has 3 aromatic carbocycles. The Morgan fingerprint density at radius 3 is 1.79 bits per heavy atom. The van der Waals surface area contributed by atoms with Gasteiger partial charge in [-0.25, -0.2) is 9.97 Å². The highest BCUT2D eigenvalue weighted by atomic mass is 28.4. The average molecular weight is 797 g/mol. The van der Waals surface area contributed by atoms with Crippen LogP contribution in [0.3, 0.4) is 0 Å². The van der Waals surface area contributed by atoms with E-state index in [1.807, 2.05) is 59.3 Å². The van der Waals surface area contributed by atoms with Crippen LogP contribution in [0.25, 0.3) is 11.0 Å². The summed E-state index contributed by atoms with van der Waals surface area (Å²) in [7, 11) is -1.16. The molecule has 1 aliphatic heterocycles. The molecule has 300 valence electrons. The number of aliphatic hydroxyl groups is 1. The van der Waals surface area contributed by atoms with Crippen LogP contribution in [0.4, 0.5) is 5.82 Å². The van der Waals surface area contributed by atoms with Crippen LogP contribution in [0.1, 0.15) is 64.5 Å². The summed E-state index contributed by atoms with van der Waals surface area (Å²) in [5, 5.41) is 16.6. The topological polar surface area (TPSA) is 109 Å². The normalized spacial score (nSPS) is 19.7. The van der Waals surface area contributed by atoms with Crippen molar-refractivity contribution in [1.82, 2.24) is 14.5 Å². The maximum absolute atomic E-state index is 12.0. The van der Waals surface area contributed by atoms with Gasteiger partial charge < -0.3 is 38.1 Å². The van der Waals surface area contributed by atoms with Gasteiger partial charge in [0.1, 0.15) is 53.1 Å². The highest BCUT2D eigenvalue weighted by molar-refractivity contribution is 6.74. The molecule has 0 saturated carbocycles. The summed E-state index contributed by atoms with van der Waals surface area (Å²) in [4.78, 5) is 9.72. The summed E-state index contributed by atoms with van der Waals surface area (Å²) in [5.74, 6) is 2.14. The predicted molar refractivity (Wildman–Crippen MR) is 229 cm³/mol. The van der Waals surface area contributed by atoms with Crippen molar-refractivity contribution >= 4 is 33.5 Å². The average Bonchev–Trinajstić information content (AvgIpc) is 3.73. The fraction of sp³-hybridized carbons (Fsp3) is 0.455. The van der Waals surface area contributed by atoms with Crippen molar-refractivity contribution in [2.75, 3.05) is 26.1 Å². The lowest BCUT2D eigenvalue weighted by atomic mass is 9.77. The summed E-state index contributed by atoms with van der Waals surface area (Å²) in [5.41, 5.74) is 2.73. The van der Waals surface area contributed by atoms with E-state index < -0.39 is 46.7 Å².